The molecule has 0 radical (unpaired) electrons. The predicted octanol–water partition coefficient (Wildman–Crippen LogP) is 5.38. The van der Waals surface area contributed by atoms with E-state index in [2.05, 4.69) is 118 Å². The molecule has 0 atom stereocenters. The largest absolute Gasteiger partial charge is 0.388 e. The Labute approximate surface area is 212 Å². The molecule has 4 aromatic rings. The zero-order valence-corrected chi connectivity index (χ0v) is 22.6. The standard InChI is InChI=1S/C29H34N4P2/c1-30-22-13-5-9-17-26(22)34(27-18-10-6-14-23(27)31-2)21-35(28-19-11-7-15-24(28)32-3)29-20-12-8-16-25(29)33-4/h5-20,30-33H,21H2,1-4H3. The molecule has 0 spiro atoms. The van der Waals surface area contributed by atoms with Gasteiger partial charge in [-0.15, -0.1) is 0 Å². The second-order valence-electron chi connectivity index (χ2n) is 8.07. The van der Waals surface area contributed by atoms with E-state index in [9.17, 15) is 0 Å². The second kappa shape index (κ2) is 12.1. The van der Waals surface area contributed by atoms with E-state index in [1.54, 1.807) is 0 Å². The fraction of sp³-hybridized carbons (Fsp3) is 0.172. The number of rotatable bonds is 10. The summed E-state index contributed by atoms with van der Waals surface area (Å²) in [7, 11) is 6.72. The normalized spacial score (nSPS) is 10.9. The Morgan fingerprint density at radius 1 is 0.400 bits per heavy atom. The molecule has 35 heavy (non-hydrogen) atoms. The Balaban J connectivity index is 1.94. The third kappa shape index (κ3) is 5.45. The predicted molar refractivity (Wildman–Crippen MR) is 161 cm³/mol. The lowest BCUT2D eigenvalue weighted by atomic mass is 10.3. The first-order valence-corrected chi connectivity index (χ1v) is 14.9. The van der Waals surface area contributed by atoms with Crippen LogP contribution >= 0.6 is 15.8 Å². The van der Waals surface area contributed by atoms with Crippen molar-refractivity contribution in [3.05, 3.63) is 97.1 Å². The van der Waals surface area contributed by atoms with Crippen molar-refractivity contribution in [2.45, 2.75) is 0 Å². The maximum absolute atomic E-state index is 3.46. The van der Waals surface area contributed by atoms with Crippen molar-refractivity contribution in [1.29, 1.82) is 0 Å². The van der Waals surface area contributed by atoms with Crippen molar-refractivity contribution >= 4 is 59.8 Å². The average molecular weight is 501 g/mol. The number of hydrogen-bond acceptors (Lipinski definition) is 4. The van der Waals surface area contributed by atoms with Crippen LogP contribution in [0.5, 0.6) is 0 Å². The number of anilines is 4. The Bertz CT molecular complexity index is 1070. The number of nitrogens with one attached hydrogen (secondary N) is 4. The molecule has 6 heteroatoms. The van der Waals surface area contributed by atoms with Gasteiger partial charge < -0.3 is 21.3 Å². The molecule has 0 saturated carbocycles. The average Bonchev–Trinajstić information content (AvgIpc) is 2.94. The zero-order chi connectivity index (χ0) is 24.6. The van der Waals surface area contributed by atoms with Gasteiger partial charge in [0.15, 0.2) is 0 Å². The van der Waals surface area contributed by atoms with Gasteiger partial charge >= 0.3 is 0 Å². The topological polar surface area (TPSA) is 48.1 Å². The van der Waals surface area contributed by atoms with E-state index in [0.717, 1.165) is 5.90 Å². The summed E-state index contributed by atoms with van der Waals surface area (Å²) in [4.78, 5) is 0. The Morgan fingerprint density at radius 2 is 0.629 bits per heavy atom. The molecule has 4 rings (SSSR count). The summed E-state index contributed by atoms with van der Waals surface area (Å²) < 4.78 is 0. The molecule has 0 fully saturated rings. The van der Waals surface area contributed by atoms with Gasteiger partial charge in [0.05, 0.1) is 0 Å². The van der Waals surface area contributed by atoms with Crippen LogP contribution in [-0.4, -0.2) is 34.1 Å². The molecule has 0 heterocycles. The molecule has 0 bridgehead atoms. The van der Waals surface area contributed by atoms with Crippen LogP contribution in [0.15, 0.2) is 97.1 Å². The molecule has 180 valence electrons. The fourth-order valence-corrected chi connectivity index (χ4v) is 11.4. The third-order valence-corrected chi connectivity index (χ3v) is 12.3. The summed E-state index contributed by atoms with van der Waals surface area (Å²) >= 11 is 0. The van der Waals surface area contributed by atoms with Gasteiger partial charge in [-0.3, -0.25) is 0 Å². The van der Waals surface area contributed by atoms with Crippen molar-refractivity contribution in [1.82, 2.24) is 0 Å². The van der Waals surface area contributed by atoms with Crippen LogP contribution in [0, 0.1) is 0 Å². The molecule has 4 nitrogen and oxygen atoms in total. The van der Waals surface area contributed by atoms with E-state index in [1.165, 1.54) is 44.0 Å². The van der Waals surface area contributed by atoms with Crippen molar-refractivity contribution in [2.75, 3.05) is 55.4 Å². The molecule has 0 amide bonds. The zero-order valence-electron chi connectivity index (χ0n) is 20.8. The van der Waals surface area contributed by atoms with Crippen LogP contribution in [-0.2, 0) is 0 Å². The van der Waals surface area contributed by atoms with Crippen LogP contribution in [0.4, 0.5) is 22.7 Å². The first-order valence-electron chi connectivity index (χ1n) is 11.8. The lowest BCUT2D eigenvalue weighted by Crippen LogP contribution is -2.24. The second-order valence-corrected chi connectivity index (χ2v) is 12.8. The van der Waals surface area contributed by atoms with Crippen molar-refractivity contribution in [3.63, 3.8) is 0 Å². The smallest absolute Gasteiger partial charge is 0.0419 e. The molecule has 0 unspecified atom stereocenters. The molecule has 0 aliphatic rings. The van der Waals surface area contributed by atoms with Crippen molar-refractivity contribution in [2.24, 2.45) is 0 Å². The monoisotopic (exact) mass is 500 g/mol. The number of para-hydroxylation sites is 4. The van der Waals surface area contributed by atoms with Gasteiger partial charge in [-0.05, 0) is 40.1 Å². The lowest BCUT2D eigenvalue weighted by molar-refractivity contribution is 1.53. The maximum atomic E-state index is 3.46. The van der Waals surface area contributed by atoms with Gasteiger partial charge in [-0.2, -0.15) is 0 Å². The van der Waals surface area contributed by atoms with Crippen LogP contribution in [0.3, 0.4) is 0 Å². The lowest BCUT2D eigenvalue weighted by Gasteiger charge is -2.30. The molecule has 0 aromatic heterocycles. The highest BCUT2D eigenvalue weighted by atomic mass is 31.2. The van der Waals surface area contributed by atoms with E-state index < -0.39 is 15.8 Å². The van der Waals surface area contributed by atoms with Crippen molar-refractivity contribution < 1.29 is 0 Å². The minimum Gasteiger partial charge on any atom is -0.388 e. The fourth-order valence-electron chi connectivity index (χ4n) is 4.39. The quantitative estimate of drug-likeness (QED) is 0.221. The summed E-state index contributed by atoms with van der Waals surface area (Å²) in [6.07, 6.45) is 0. The van der Waals surface area contributed by atoms with Gasteiger partial charge in [0.2, 0.25) is 0 Å². The van der Waals surface area contributed by atoms with E-state index in [4.69, 9.17) is 0 Å². The summed E-state index contributed by atoms with van der Waals surface area (Å²) in [6, 6.07) is 35.1. The van der Waals surface area contributed by atoms with E-state index >= 15 is 0 Å². The van der Waals surface area contributed by atoms with Crippen LogP contribution in [0.2, 0.25) is 0 Å². The maximum Gasteiger partial charge on any atom is 0.0419 e. The molecule has 0 saturated heterocycles. The van der Waals surface area contributed by atoms with E-state index in [0.29, 0.717) is 0 Å². The Kier molecular flexibility index (Phi) is 8.64. The highest BCUT2D eigenvalue weighted by molar-refractivity contribution is 7.89. The minimum absolute atomic E-state index is 0.677. The molecule has 4 N–H and O–H groups in total. The minimum atomic E-state index is -0.677. The Hall–Kier alpha value is -3.06. The molecular formula is C29H34N4P2. The number of hydrogen-bond donors (Lipinski definition) is 4. The molecule has 0 aliphatic heterocycles. The first-order chi connectivity index (χ1) is 17.2. The first kappa shape index (κ1) is 25.0. The SMILES string of the molecule is CNc1ccccc1P(CP(c1ccccc1NC)c1ccccc1NC)c1ccccc1NC. The van der Waals surface area contributed by atoms with E-state index in [1.807, 2.05) is 28.2 Å². The van der Waals surface area contributed by atoms with Gasteiger partial charge in [-0.1, -0.05) is 72.8 Å². The number of benzene rings is 4. The highest BCUT2D eigenvalue weighted by Crippen LogP contribution is 2.52. The van der Waals surface area contributed by atoms with Crippen molar-refractivity contribution in [3.8, 4) is 0 Å². The molecular weight excluding hydrogens is 466 g/mol. The molecule has 4 aromatic carbocycles. The highest BCUT2D eigenvalue weighted by Gasteiger charge is 2.28. The van der Waals surface area contributed by atoms with Crippen LogP contribution < -0.4 is 42.5 Å². The summed E-state index contributed by atoms with van der Waals surface area (Å²) in [5.74, 6) is 1.04. The van der Waals surface area contributed by atoms with E-state index in [-0.39, 0.29) is 0 Å². The summed E-state index contributed by atoms with van der Waals surface area (Å²) in [5, 5.41) is 19.4. The van der Waals surface area contributed by atoms with Gasteiger partial charge in [-0.25, -0.2) is 0 Å². The summed E-state index contributed by atoms with van der Waals surface area (Å²) in [6.45, 7) is 0. The van der Waals surface area contributed by atoms with Crippen LogP contribution in [0.25, 0.3) is 0 Å². The van der Waals surface area contributed by atoms with Crippen LogP contribution in [0.1, 0.15) is 0 Å². The van der Waals surface area contributed by atoms with Gasteiger partial charge in [0, 0.05) is 78.1 Å². The van der Waals surface area contributed by atoms with Gasteiger partial charge in [0.1, 0.15) is 0 Å². The molecule has 0 aliphatic carbocycles. The third-order valence-electron chi connectivity index (χ3n) is 6.14. The Morgan fingerprint density at radius 3 is 0.857 bits per heavy atom. The van der Waals surface area contributed by atoms with Gasteiger partial charge in [0.25, 0.3) is 0 Å². The summed E-state index contributed by atoms with van der Waals surface area (Å²) in [5.41, 5.74) is 4.79.